The highest BCUT2D eigenvalue weighted by Gasteiger charge is 2.16. The molecule has 1 unspecified atom stereocenters. The molecule has 2 aromatic rings. The maximum Gasteiger partial charge on any atom is 0.234 e. The van der Waals surface area contributed by atoms with Gasteiger partial charge in [-0.15, -0.1) is 0 Å². The highest BCUT2D eigenvalue weighted by atomic mass is 19.1. The van der Waals surface area contributed by atoms with Crippen LogP contribution in [0.15, 0.2) is 30.5 Å². The van der Waals surface area contributed by atoms with Crippen molar-refractivity contribution in [1.82, 2.24) is 20.4 Å². The molecule has 0 saturated heterocycles. The van der Waals surface area contributed by atoms with Crippen molar-refractivity contribution in [3.05, 3.63) is 47.5 Å². The van der Waals surface area contributed by atoms with Crippen LogP contribution in [-0.2, 0) is 9.53 Å². The molecule has 1 heterocycles. The first kappa shape index (κ1) is 18.1. The van der Waals surface area contributed by atoms with Crippen molar-refractivity contribution in [2.24, 2.45) is 0 Å². The molecule has 0 aliphatic heterocycles. The van der Waals surface area contributed by atoms with Gasteiger partial charge in [-0.2, -0.15) is 5.10 Å². The Morgan fingerprint density at radius 3 is 2.75 bits per heavy atom. The molecule has 7 heteroatoms. The maximum absolute atomic E-state index is 13.0. The van der Waals surface area contributed by atoms with Gasteiger partial charge >= 0.3 is 0 Å². The largest absolute Gasteiger partial charge is 0.383 e. The fraction of sp³-hybridized carbons (Fsp3) is 0.412. The summed E-state index contributed by atoms with van der Waals surface area (Å²) < 4.78 is 19.7. The van der Waals surface area contributed by atoms with Crippen LogP contribution < -0.4 is 10.6 Å². The van der Waals surface area contributed by atoms with Crippen molar-refractivity contribution in [3.63, 3.8) is 0 Å². The molecule has 0 bridgehead atoms. The molecular weight excluding hydrogens is 311 g/mol. The Morgan fingerprint density at radius 2 is 2.08 bits per heavy atom. The van der Waals surface area contributed by atoms with Gasteiger partial charge in [-0.25, -0.2) is 9.07 Å². The molecule has 0 aliphatic carbocycles. The maximum atomic E-state index is 13.0. The van der Waals surface area contributed by atoms with Crippen molar-refractivity contribution in [1.29, 1.82) is 0 Å². The molecule has 1 amide bonds. The van der Waals surface area contributed by atoms with Gasteiger partial charge in [0.1, 0.15) is 5.82 Å². The van der Waals surface area contributed by atoms with Crippen LogP contribution in [0.25, 0.3) is 5.69 Å². The van der Waals surface area contributed by atoms with E-state index in [1.807, 2.05) is 13.8 Å². The van der Waals surface area contributed by atoms with E-state index in [4.69, 9.17) is 4.74 Å². The molecule has 0 saturated carbocycles. The molecule has 0 spiro atoms. The molecule has 2 N–H and O–H groups in total. The minimum absolute atomic E-state index is 0.0902. The molecule has 1 aromatic carbocycles. The standard InChI is InChI=1S/C17H23FN4O2/c1-12(21-17(23)11-19-8-9-24-3)16-10-20-22(13(16)2)15-6-4-14(18)5-7-15/h4-7,10,12,19H,8-9,11H2,1-3H3,(H,21,23). The Kier molecular flexibility index (Phi) is 6.45. The van der Waals surface area contributed by atoms with Crippen molar-refractivity contribution < 1.29 is 13.9 Å². The van der Waals surface area contributed by atoms with Crippen LogP contribution in [0.3, 0.4) is 0 Å². The first-order chi connectivity index (χ1) is 11.5. The summed E-state index contributed by atoms with van der Waals surface area (Å²) in [6.07, 6.45) is 1.72. The topological polar surface area (TPSA) is 68.2 Å². The summed E-state index contributed by atoms with van der Waals surface area (Å²) in [4.78, 5) is 11.9. The summed E-state index contributed by atoms with van der Waals surface area (Å²) in [5.74, 6) is -0.377. The molecule has 0 fully saturated rings. The summed E-state index contributed by atoms with van der Waals surface area (Å²) >= 11 is 0. The number of benzene rings is 1. The smallest absolute Gasteiger partial charge is 0.234 e. The first-order valence-corrected chi connectivity index (χ1v) is 7.82. The number of nitrogens with zero attached hydrogens (tertiary/aromatic N) is 2. The minimum atomic E-state index is -0.287. The second-order valence-electron chi connectivity index (χ2n) is 5.53. The molecule has 1 atom stereocenters. The van der Waals surface area contributed by atoms with Gasteiger partial charge in [-0.1, -0.05) is 0 Å². The van der Waals surface area contributed by atoms with Crippen LogP contribution in [0.1, 0.15) is 24.2 Å². The third-order valence-electron chi connectivity index (χ3n) is 3.73. The molecule has 1 aromatic heterocycles. The lowest BCUT2D eigenvalue weighted by Crippen LogP contribution is -2.36. The molecule has 2 rings (SSSR count). The van der Waals surface area contributed by atoms with Crippen LogP contribution >= 0.6 is 0 Å². The molecule has 0 aliphatic rings. The van der Waals surface area contributed by atoms with Gasteiger partial charge in [0.15, 0.2) is 0 Å². The van der Waals surface area contributed by atoms with Gasteiger partial charge in [0.05, 0.1) is 31.1 Å². The van der Waals surface area contributed by atoms with Crippen LogP contribution in [-0.4, -0.2) is 42.5 Å². The quantitative estimate of drug-likeness (QED) is 0.722. The third kappa shape index (κ3) is 4.62. The predicted molar refractivity (Wildman–Crippen MR) is 89.6 cm³/mol. The van der Waals surface area contributed by atoms with E-state index < -0.39 is 0 Å². The van der Waals surface area contributed by atoms with Gasteiger partial charge in [0.25, 0.3) is 0 Å². The Hall–Kier alpha value is -2.25. The minimum Gasteiger partial charge on any atom is -0.383 e. The number of carbonyl (C=O) groups is 1. The van der Waals surface area contributed by atoms with Gasteiger partial charge in [0.2, 0.25) is 5.91 Å². The highest BCUT2D eigenvalue weighted by Crippen LogP contribution is 2.20. The second kappa shape index (κ2) is 8.56. The summed E-state index contributed by atoms with van der Waals surface area (Å²) in [5, 5.41) is 10.3. The lowest BCUT2D eigenvalue weighted by atomic mass is 10.1. The van der Waals surface area contributed by atoms with E-state index in [1.165, 1.54) is 12.1 Å². The zero-order chi connectivity index (χ0) is 17.5. The number of carbonyl (C=O) groups excluding carboxylic acids is 1. The predicted octanol–water partition coefficient (Wildman–Crippen LogP) is 1.73. The number of hydrogen-bond acceptors (Lipinski definition) is 4. The number of rotatable bonds is 8. The fourth-order valence-corrected chi connectivity index (χ4v) is 2.44. The van der Waals surface area contributed by atoms with Crippen molar-refractivity contribution in [2.75, 3.05) is 26.8 Å². The molecule has 130 valence electrons. The SMILES string of the molecule is COCCNCC(=O)NC(C)c1cnn(-c2ccc(F)cc2)c1C. The fourth-order valence-electron chi connectivity index (χ4n) is 2.44. The van der Waals surface area contributed by atoms with Crippen molar-refractivity contribution >= 4 is 5.91 Å². The van der Waals surface area contributed by atoms with Gasteiger partial charge in [-0.05, 0) is 38.1 Å². The number of amides is 1. The van der Waals surface area contributed by atoms with Gasteiger partial charge in [-0.3, -0.25) is 4.79 Å². The lowest BCUT2D eigenvalue weighted by Gasteiger charge is -2.14. The lowest BCUT2D eigenvalue weighted by molar-refractivity contribution is -0.120. The molecule has 0 radical (unpaired) electrons. The number of halogens is 1. The zero-order valence-corrected chi connectivity index (χ0v) is 14.2. The third-order valence-corrected chi connectivity index (χ3v) is 3.73. The number of methoxy groups -OCH3 is 1. The summed E-state index contributed by atoms with van der Waals surface area (Å²) in [5.41, 5.74) is 2.60. The van der Waals surface area contributed by atoms with Crippen LogP contribution in [0.4, 0.5) is 4.39 Å². The van der Waals surface area contributed by atoms with E-state index >= 15 is 0 Å². The van der Waals surface area contributed by atoms with E-state index in [9.17, 15) is 9.18 Å². The Balaban J connectivity index is 1.99. The molecular formula is C17H23FN4O2. The molecule has 24 heavy (non-hydrogen) atoms. The average molecular weight is 334 g/mol. The number of aromatic nitrogens is 2. The van der Waals surface area contributed by atoms with Crippen LogP contribution in [0.5, 0.6) is 0 Å². The summed E-state index contributed by atoms with van der Waals surface area (Å²) in [6.45, 7) is 5.25. The first-order valence-electron chi connectivity index (χ1n) is 7.82. The van der Waals surface area contributed by atoms with E-state index in [0.717, 1.165) is 16.9 Å². The Labute approximate surface area is 141 Å². The Morgan fingerprint density at radius 1 is 1.38 bits per heavy atom. The number of nitrogens with one attached hydrogen (secondary N) is 2. The van der Waals surface area contributed by atoms with Gasteiger partial charge in [0, 0.05) is 24.9 Å². The van der Waals surface area contributed by atoms with E-state index in [-0.39, 0.29) is 24.3 Å². The van der Waals surface area contributed by atoms with Gasteiger partial charge < -0.3 is 15.4 Å². The van der Waals surface area contributed by atoms with Crippen LogP contribution in [0.2, 0.25) is 0 Å². The van der Waals surface area contributed by atoms with Crippen molar-refractivity contribution in [3.8, 4) is 5.69 Å². The normalized spacial score (nSPS) is 12.2. The zero-order valence-electron chi connectivity index (χ0n) is 14.2. The van der Waals surface area contributed by atoms with Crippen LogP contribution in [0, 0.1) is 12.7 Å². The van der Waals surface area contributed by atoms with E-state index in [2.05, 4.69) is 15.7 Å². The monoisotopic (exact) mass is 334 g/mol. The van der Waals surface area contributed by atoms with E-state index in [0.29, 0.717) is 13.2 Å². The Bertz CT molecular complexity index is 670. The average Bonchev–Trinajstić information content (AvgIpc) is 2.94. The highest BCUT2D eigenvalue weighted by molar-refractivity contribution is 5.78. The van der Waals surface area contributed by atoms with E-state index in [1.54, 1.807) is 30.1 Å². The number of hydrogen-bond donors (Lipinski definition) is 2. The second-order valence-corrected chi connectivity index (χ2v) is 5.53. The molecule has 6 nitrogen and oxygen atoms in total. The summed E-state index contributed by atoms with van der Waals surface area (Å²) in [6, 6.07) is 5.96. The van der Waals surface area contributed by atoms with Crippen molar-refractivity contribution in [2.45, 2.75) is 19.9 Å². The number of ether oxygens (including phenoxy) is 1. The summed E-state index contributed by atoms with van der Waals surface area (Å²) in [7, 11) is 1.62.